The third-order valence-electron chi connectivity index (χ3n) is 5.34. The van der Waals surface area contributed by atoms with Crippen LogP contribution in [-0.2, 0) is 18.3 Å². The van der Waals surface area contributed by atoms with E-state index in [1.165, 1.54) is 0 Å². The van der Waals surface area contributed by atoms with Crippen molar-refractivity contribution in [2.75, 3.05) is 13.2 Å². The van der Waals surface area contributed by atoms with Crippen LogP contribution in [-0.4, -0.2) is 50.7 Å². The first-order chi connectivity index (χ1) is 15.6. The number of aromatic nitrogens is 2. The average molecular weight is 452 g/mol. The van der Waals surface area contributed by atoms with E-state index in [0.29, 0.717) is 25.6 Å². The number of ether oxygens (including phenoxy) is 2. The Morgan fingerprint density at radius 3 is 2.18 bits per heavy atom. The second-order valence-electron chi connectivity index (χ2n) is 9.64. The van der Waals surface area contributed by atoms with Crippen LogP contribution in [0.2, 0.25) is 0 Å². The van der Waals surface area contributed by atoms with Gasteiger partial charge in [-0.15, -0.1) is 0 Å². The van der Waals surface area contributed by atoms with Crippen molar-refractivity contribution in [3.63, 3.8) is 0 Å². The summed E-state index contributed by atoms with van der Waals surface area (Å²) in [5, 5.41) is 15.5. The van der Waals surface area contributed by atoms with E-state index >= 15 is 0 Å². The first kappa shape index (κ1) is 25.0. The SMILES string of the molecule is CC(C)N(Cc1c(-c2ccccc2)nn(C)c1Oc1ccccc1)CC(O)COC(C)(C)C. The number of aliphatic hydroxyl groups is 1. The van der Waals surface area contributed by atoms with E-state index in [4.69, 9.17) is 14.6 Å². The fourth-order valence-electron chi connectivity index (χ4n) is 3.58. The van der Waals surface area contributed by atoms with E-state index in [-0.39, 0.29) is 11.6 Å². The van der Waals surface area contributed by atoms with Gasteiger partial charge in [0.15, 0.2) is 0 Å². The van der Waals surface area contributed by atoms with Gasteiger partial charge in [0.25, 0.3) is 0 Å². The molecule has 6 nitrogen and oxygen atoms in total. The van der Waals surface area contributed by atoms with Gasteiger partial charge in [-0.25, -0.2) is 4.68 Å². The predicted octanol–water partition coefficient (Wildman–Crippen LogP) is 5.27. The summed E-state index contributed by atoms with van der Waals surface area (Å²) in [6.45, 7) is 11.6. The van der Waals surface area contributed by atoms with Gasteiger partial charge in [0, 0.05) is 31.7 Å². The third-order valence-corrected chi connectivity index (χ3v) is 5.34. The van der Waals surface area contributed by atoms with Crippen molar-refractivity contribution in [3.8, 4) is 22.9 Å². The highest BCUT2D eigenvalue weighted by atomic mass is 16.5. The van der Waals surface area contributed by atoms with Gasteiger partial charge in [-0.1, -0.05) is 48.5 Å². The molecule has 0 fully saturated rings. The van der Waals surface area contributed by atoms with Crippen LogP contribution in [0.5, 0.6) is 11.6 Å². The molecule has 0 saturated carbocycles. The summed E-state index contributed by atoms with van der Waals surface area (Å²) in [4.78, 5) is 2.23. The lowest BCUT2D eigenvalue weighted by molar-refractivity contribution is -0.0587. The Morgan fingerprint density at radius 2 is 1.61 bits per heavy atom. The third kappa shape index (κ3) is 7.16. The van der Waals surface area contributed by atoms with Crippen molar-refractivity contribution < 1.29 is 14.6 Å². The Morgan fingerprint density at radius 1 is 1.00 bits per heavy atom. The molecule has 1 unspecified atom stereocenters. The minimum absolute atomic E-state index is 0.211. The molecule has 0 bridgehead atoms. The van der Waals surface area contributed by atoms with Crippen LogP contribution < -0.4 is 4.74 Å². The molecule has 0 aliphatic carbocycles. The molecule has 0 radical (unpaired) electrons. The molecule has 0 saturated heterocycles. The smallest absolute Gasteiger partial charge is 0.222 e. The topological polar surface area (TPSA) is 59.8 Å². The summed E-state index contributed by atoms with van der Waals surface area (Å²) in [6, 6.07) is 20.1. The molecule has 1 heterocycles. The van der Waals surface area contributed by atoms with Gasteiger partial charge < -0.3 is 14.6 Å². The molecule has 2 aromatic carbocycles. The van der Waals surface area contributed by atoms with E-state index in [0.717, 1.165) is 22.6 Å². The van der Waals surface area contributed by atoms with Crippen LogP contribution in [0.25, 0.3) is 11.3 Å². The molecule has 3 aromatic rings. The van der Waals surface area contributed by atoms with Crippen LogP contribution >= 0.6 is 0 Å². The van der Waals surface area contributed by atoms with Gasteiger partial charge in [-0.2, -0.15) is 5.10 Å². The fraction of sp³-hybridized carbons (Fsp3) is 0.444. The molecular weight excluding hydrogens is 414 g/mol. The molecular formula is C27H37N3O3. The summed E-state index contributed by atoms with van der Waals surface area (Å²) in [6.07, 6.45) is -0.595. The number of nitrogens with zero attached hydrogens (tertiary/aromatic N) is 3. The van der Waals surface area contributed by atoms with Crippen molar-refractivity contribution in [1.82, 2.24) is 14.7 Å². The highest BCUT2D eigenvalue weighted by molar-refractivity contribution is 5.65. The summed E-state index contributed by atoms with van der Waals surface area (Å²) in [5.41, 5.74) is 2.62. The molecule has 1 atom stereocenters. The molecule has 0 aliphatic rings. The standard InChI is InChI=1S/C27H37N3O3/c1-20(2)30(17-22(31)19-32-27(3,4)5)18-24-25(21-13-9-7-10-14-21)28-29(6)26(24)33-23-15-11-8-12-16-23/h7-16,20,22,31H,17-19H2,1-6H3. The molecule has 0 aliphatic heterocycles. The lowest BCUT2D eigenvalue weighted by atomic mass is 10.1. The molecule has 0 amide bonds. The van der Waals surface area contributed by atoms with Crippen LogP contribution in [0.4, 0.5) is 0 Å². The number of hydrogen-bond acceptors (Lipinski definition) is 5. The van der Waals surface area contributed by atoms with Crippen molar-refractivity contribution in [1.29, 1.82) is 0 Å². The largest absolute Gasteiger partial charge is 0.439 e. The monoisotopic (exact) mass is 451 g/mol. The lowest BCUT2D eigenvalue weighted by Gasteiger charge is -2.30. The molecule has 6 heteroatoms. The van der Waals surface area contributed by atoms with Crippen molar-refractivity contribution in [3.05, 3.63) is 66.2 Å². The number of rotatable bonds is 10. The Kier molecular flexibility index (Phi) is 8.30. The zero-order valence-electron chi connectivity index (χ0n) is 20.7. The van der Waals surface area contributed by atoms with Crippen molar-refractivity contribution >= 4 is 0 Å². The Bertz CT molecular complexity index is 995. The average Bonchev–Trinajstić information content (AvgIpc) is 3.08. The minimum Gasteiger partial charge on any atom is -0.439 e. The van der Waals surface area contributed by atoms with Gasteiger partial charge in [0.2, 0.25) is 5.88 Å². The lowest BCUT2D eigenvalue weighted by Crippen LogP contribution is -2.40. The Labute approximate surface area is 197 Å². The van der Waals surface area contributed by atoms with Crippen molar-refractivity contribution in [2.45, 2.75) is 58.9 Å². The second kappa shape index (κ2) is 11.0. The number of aryl methyl sites for hydroxylation is 1. The maximum absolute atomic E-state index is 10.7. The van der Waals surface area contributed by atoms with E-state index in [1.54, 1.807) is 4.68 Å². The van der Waals surface area contributed by atoms with Crippen LogP contribution in [0.15, 0.2) is 60.7 Å². The molecule has 0 spiro atoms. The number of benzene rings is 2. The van der Waals surface area contributed by atoms with E-state index < -0.39 is 6.10 Å². The van der Waals surface area contributed by atoms with Gasteiger partial charge in [-0.05, 0) is 46.8 Å². The summed E-state index contributed by atoms with van der Waals surface area (Å²) < 4.78 is 13.9. The highest BCUT2D eigenvalue weighted by Crippen LogP contribution is 2.34. The van der Waals surface area contributed by atoms with Gasteiger partial charge in [-0.3, -0.25) is 4.90 Å². The maximum atomic E-state index is 10.7. The Hall–Kier alpha value is -2.67. The minimum atomic E-state index is -0.595. The second-order valence-corrected chi connectivity index (χ2v) is 9.64. The number of para-hydroxylation sites is 1. The quantitative estimate of drug-likeness (QED) is 0.455. The first-order valence-electron chi connectivity index (χ1n) is 11.5. The van der Waals surface area contributed by atoms with E-state index in [1.807, 2.05) is 76.3 Å². The predicted molar refractivity (Wildman–Crippen MR) is 132 cm³/mol. The van der Waals surface area contributed by atoms with Gasteiger partial charge >= 0.3 is 0 Å². The normalized spacial score (nSPS) is 13.0. The summed E-state index contributed by atoms with van der Waals surface area (Å²) in [7, 11) is 1.90. The van der Waals surface area contributed by atoms with E-state index in [2.05, 4.69) is 30.9 Å². The summed E-state index contributed by atoms with van der Waals surface area (Å²) in [5.74, 6) is 1.46. The van der Waals surface area contributed by atoms with Crippen molar-refractivity contribution in [2.24, 2.45) is 7.05 Å². The maximum Gasteiger partial charge on any atom is 0.222 e. The van der Waals surface area contributed by atoms with Crippen LogP contribution in [0, 0.1) is 0 Å². The van der Waals surface area contributed by atoms with Crippen LogP contribution in [0.1, 0.15) is 40.2 Å². The van der Waals surface area contributed by atoms with Gasteiger partial charge in [0.05, 0.1) is 23.9 Å². The number of aliphatic hydroxyl groups excluding tert-OH is 1. The fourth-order valence-corrected chi connectivity index (χ4v) is 3.58. The van der Waals surface area contributed by atoms with E-state index in [9.17, 15) is 5.11 Å². The zero-order chi connectivity index (χ0) is 24.0. The molecule has 3 rings (SSSR count). The van der Waals surface area contributed by atoms with Gasteiger partial charge in [0.1, 0.15) is 11.4 Å². The number of hydrogen-bond donors (Lipinski definition) is 1. The van der Waals surface area contributed by atoms with Crippen LogP contribution in [0.3, 0.4) is 0 Å². The first-order valence-corrected chi connectivity index (χ1v) is 11.5. The highest BCUT2D eigenvalue weighted by Gasteiger charge is 2.25. The molecule has 178 valence electrons. The molecule has 1 aromatic heterocycles. The zero-order valence-corrected chi connectivity index (χ0v) is 20.7. The summed E-state index contributed by atoms with van der Waals surface area (Å²) >= 11 is 0. The molecule has 33 heavy (non-hydrogen) atoms. The Balaban J connectivity index is 1.92. The molecule has 1 N–H and O–H groups in total.